The molecule has 6 nitrogen and oxygen atoms in total. The summed E-state index contributed by atoms with van der Waals surface area (Å²) in [6, 6.07) is 4.82. The third-order valence-corrected chi connectivity index (χ3v) is 2.30. The Bertz CT molecular complexity index is 455. The molecule has 0 radical (unpaired) electrons. The van der Waals surface area contributed by atoms with E-state index in [1.54, 1.807) is 19.1 Å². The van der Waals surface area contributed by atoms with Gasteiger partial charge in [-0.15, -0.1) is 0 Å². The molecule has 0 aliphatic rings. The third kappa shape index (κ3) is 3.57. The number of carbonyl (C=O) groups excluding carboxylic acids is 1. The van der Waals surface area contributed by atoms with Crippen molar-refractivity contribution in [3.05, 3.63) is 45.3 Å². The fourth-order valence-electron chi connectivity index (χ4n) is 1.52. The third-order valence-electron chi connectivity index (χ3n) is 2.30. The van der Waals surface area contributed by atoms with E-state index in [1.807, 2.05) is 0 Å². The van der Waals surface area contributed by atoms with Crippen LogP contribution in [0.2, 0.25) is 0 Å². The largest absolute Gasteiger partial charge is 0.390 e. The highest BCUT2D eigenvalue weighted by Gasteiger charge is 2.18. The standard InChI is InChI=1S/C11H13N3O3/c1-7-2-8(6-15)4-9(3-7)11(17)10(16)5-13-14-12/h2-4,6,10-11,16-17H,5H2,1H3. The van der Waals surface area contributed by atoms with Crippen LogP contribution in [0.3, 0.4) is 0 Å². The van der Waals surface area contributed by atoms with Gasteiger partial charge in [0.05, 0.1) is 12.6 Å². The van der Waals surface area contributed by atoms with Crippen LogP contribution in [0.5, 0.6) is 0 Å². The Hall–Kier alpha value is -1.88. The van der Waals surface area contributed by atoms with Crippen molar-refractivity contribution < 1.29 is 15.0 Å². The second-order valence-corrected chi connectivity index (χ2v) is 3.72. The average Bonchev–Trinajstić information content (AvgIpc) is 2.34. The van der Waals surface area contributed by atoms with Crippen molar-refractivity contribution in [2.75, 3.05) is 6.54 Å². The van der Waals surface area contributed by atoms with Gasteiger partial charge >= 0.3 is 0 Å². The number of aliphatic hydroxyl groups is 2. The number of azide groups is 1. The summed E-state index contributed by atoms with van der Waals surface area (Å²) in [5.41, 5.74) is 9.77. The zero-order valence-electron chi connectivity index (χ0n) is 9.32. The number of aliphatic hydroxyl groups excluding tert-OH is 2. The molecule has 2 N–H and O–H groups in total. The van der Waals surface area contributed by atoms with Crippen molar-refractivity contribution in [1.82, 2.24) is 0 Å². The highest BCUT2D eigenvalue weighted by Crippen LogP contribution is 2.20. The fourth-order valence-corrected chi connectivity index (χ4v) is 1.52. The first-order chi connectivity index (χ1) is 8.08. The summed E-state index contributed by atoms with van der Waals surface area (Å²) in [4.78, 5) is 13.2. The zero-order chi connectivity index (χ0) is 12.8. The van der Waals surface area contributed by atoms with Gasteiger partial charge in [-0.25, -0.2) is 0 Å². The zero-order valence-corrected chi connectivity index (χ0v) is 9.32. The predicted molar refractivity (Wildman–Crippen MR) is 61.5 cm³/mol. The van der Waals surface area contributed by atoms with Gasteiger partial charge in [-0.2, -0.15) is 0 Å². The van der Waals surface area contributed by atoms with Gasteiger partial charge in [-0.1, -0.05) is 16.7 Å². The quantitative estimate of drug-likeness (QED) is 0.349. The molecule has 0 saturated carbocycles. The second-order valence-electron chi connectivity index (χ2n) is 3.72. The Kier molecular flexibility index (Phi) is 4.66. The topological polar surface area (TPSA) is 106 Å². The van der Waals surface area contributed by atoms with E-state index >= 15 is 0 Å². The molecule has 2 atom stereocenters. The maximum atomic E-state index is 10.7. The molecular weight excluding hydrogens is 222 g/mol. The van der Waals surface area contributed by atoms with Crippen LogP contribution < -0.4 is 0 Å². The van der Waals surface area contributed by atoms with E-state index in [4.69, 9.17) is 5.53 Å². The lowest BCUT2D eigenvalue weighted by Gasteiger charge is -2.17. The van der Waals surface area contributed by atoms with E-state index in [0.717, 1.165) is 5.56 Å². The van der Waals surface area contributed by atoms with Crippen LogP contribution >= 0.6 is 0 Å². The molecule has 0 fully saturated rings. The van der Waals surface area contributed by atoms with Crippen LogP contribution in [-0.2, 0) is 0 Å². The molecule has 0 aliphatic heterocycles. The summed E-state index contributed by atoms with van der Waals surface area (Å²) in [5.74, 6) is 0. The fraction of sp³-hybridized carbons (Fsp3) is 0.364. The molecule has 0 aromatic heterocycles. The molecule has 6 heteroatoms. The minimum atomic E-state index is -1.19. The first-order valence-electron chi connectivity index (χ1n) is 5.02. The number of rotatable bonds is 5. The number of benzene rings is 1. The van der Waals surface area contributed by atoms with E-state index in [-0.39, 0.29) is 6.54 Å². The summed E-state index contributed by atoms with van der Waals surface area (Å²) >= 11 is 0. The summed E-state index contributed by atoms with van der Waals surface area (Å²) in [5, 5.41) is 22.5. The van der Waals surface area contributed by atoms with E-state index in [0.29, 0.717) is 17.4 Å². The number of aldehydes is 1. The maximum absolute atomic E-state index is 10.7. The molecule has 2 unspecified atom stereocenters. The highest BCUT2D eigenvalue weighted by molar-refractivity contribution is 5.75. The molecule has 1 aromatic rings. The van der Waals surface area contributed by atoms with Gasteiger partial charge in [0.2, 0.25) is 0 Å². The lowest BCUT2D eigenvalue weighted by molar-refractivity contribution is 0.0243. The second kappa shape index (κ2) is 6.00. The molecule has 0 bridgehead atoms. The van der Waals surface area contributed by atoms with Crippen molar-refractivity contribution in [3.8, 4) is 0 Å². The SMILES string of the molecule is Cc1cc(C=O)cc(C(O)C(O)CN=[N+]=[N-])c1. The van der Waals surface area contributed by atoms with Crippen molar-refractivity contribution in [2.45, 2.75) is 19.1 Å². The van der Waals surface area contributed by atoms with Gasteiger partial charge in [0, 0.05) is 10.5 Å². The Morgan fingerprint density at radius 1 is 1.47 bits per heavy atom. The number of hydrogen-bond donors (Lipinski definition) is 2. The van der Waals surface area contributed by atoms with Crippen molar-refractivity contribution >= 4 is 6.29 Å². The van der Waals surface area contributed by atoms with Crippen LogP contribution in [0.25, 0.3) is 10.4 Å². The van der Waals surface area contributed by atoms with Gasteiger partial charge in [-0.3, -0.25) is 4.79 Å². The summed E-state index contributed by atoms with van der Waals surface area (Å²) < 4.78 is 0. The molecule has 90 valence electrons. The predicted octanol–water partition coefficient (Wildman–Crippen LogP) is 1.51. The van der Waals surface area contributed by atoms with Gasteiger partial charge in [0.1, 0.15) is 12.4 Å². The Labute approximate surface area is 98.1 Å². The molecule has 1 rings (SSSR count). The lowest BCUT2D eigenvalue weighted by atomic mass is 10.00. The van der Waals surface area contributed by atoms with E-state index in [1.165, 1.54) is 6.07 Å². The summed E-state index contributed by atoms with van der Waals surface area (Å²) in [7, 11) is 0. The van der Waals surface area contributed by atoms with Crippen molar-refractivity contribution in [3.63, 3.8) is 0 Å². The first-order valence-corrected chi connectivity index (χ1v) is 5.02. The molecular formula is C11H13N3O3. The summed E-state index contributed by atoms with van der Waals surface area (Å²) in [6.45, 7) is 1.56. The minimum absolute atomic E-state index is 0.220. The Morgan fingerprint density at radius 3 is 2.76 bits per heavy atom. The maximum Gasteiger partial charge on any atom is 0.150 e. The molecule has 0 aliphatic carbocycles. The van der Waals surface area contributed by atoms with Crippen molar-refractivity contribution in [1.29, 1.82) is 0 Å². The minimum Gasteiger partial charge on any atom is -0.390 e. The van der Waals surface area contributed by atoms with E-state index < -0.39 is 12.2 Å². The smallest absolute Gasteiger partial charge is 0.150 e. The van der Waals surface area contributed by atoms with Crippen molar-refractivity contribution in [2.24, 2.45) is 5.11 Å². The van der Waals surface area contributed by atoms with Gasteiger partial charge < -0.3 is 10.2 Å². The van der Waals surface area contributed by atoms with E-state index in [2.05, 4.69) is 10.0 Å². The molecule has 0 amide bonds. The molecule has 0 heterocycles. The summed E-state index contributed by atoms with van der Waals surface area (Å²) in [6.07, 6.45) is -1.70. The van der Waals surface area contributed by atoms with Crippen LogP contribution in [0, 0.1) is 6.92 Å². The van der Waals surface area contributed by atoms with Crippen LogP contribution in [-0.4, -0.2) is 29.1 Å². The van der Waals surface area contributed by atoms with Crippen LogP contribution in [0.1, 0.15) is 27.6 Å². The van der Waals surface area contributed by atoms with E-state index in [9.17, 15) is 15.0 Å². The average molecular weight is 235 g/mol. The van der Waals surface area contributed by atoms with Gasteiger partial charge in [0.25, 0.3) is 0 Å². The Morgan fingerprint density at radius 2 is 2.18 bits per heavy atom. The number of carbonyl (C=O) groups is 1. The monoisotopic (exact) mass is 235 g/mol. The molecule has 0 spiro atoms. The number of aryl methyl sites for hydroxylation is 1. The number of hydrogen-bond acceptors (Lipinski definition) is 4. The van der Waals surface area contributed by atoms with Gasteiger partial charge in [-0.05, 0) is 30.2 Å². The van der Waals surface area contributed by atoms with Crippen LogP contribution in [0.4, 0.5) is 0 Å². The molecule has 17 heavy (non-hydrogen) atoms. The Balaban J connectivity index is 2.94. The van der Waals surface area contributed by atoms with Crippen LogP contribution in [0.15, 0.2) is 23.3 Å². The first kappa shape index (κ1) is 13.2. The molecule has 0 saturated heterocycles. The highest BCUT2D eigenvalue weighted by atomic mass is 16.3. The van der Waals surface area contributed by atoms with Gasteiger partial charge in [0.15, 0.2) is 0 Å². The normalized spacial score (nSPS) is 13.6. The number of nitrogens with zero attached hydrogens (tertiary/aromatic N) is 3. The molecule has 1 aromatic carbocycles. The lowest BCUT2D eigenvalue weighted by Crippen LogP contribution is -2.21.